The van der Waals surface area contributed by atoms with Crippen LogP contribution in [0.1, 0.15) is 30.1 Å². The molecule has 0 aromatic carbocycles. The van der Waals surface area contributed by atoms with Crippen molar-refractivity contribution in [2.45, 2.75) is 24.9 Å². The van der Waals surface area contributed by atoms with E-state index in [-0.39, 0.29) is 5.65 Å². The van der Waals surface area contributed by atoms with Crippen molar-refractivity contribution in [2.75, 3.05) is 18.0 Å². The van der Waals surface area contributed by atoms with Crippen molar-refractivity contribution in [1.82, 2.24) is 29.8 Å². The van der Waals surface area contributed by atoms with Gasteiger partial charge in [-0.1, -0.05) is 0 Å². The molecule has 10 heteroatoms. The topological polar surface area (TPSA) is 75.0 Å². The highest BCUT2D eigenvalue weighted by Crippen LogP contribution is 2.34. The lowest BCUT2D eigenvalue weighted by Crippen LogP contribution is -2.33. The Bertz CT molecular complexity index is 1140. The molecule has 0 atom stereocenters. The highest BCUT2D eigenvalue weighted by molar-refractivity contribution is 5.80. The fourth-order valence-corrected chi connectivity index (χ4v) is 3.86. The molecular formula is C18H16F3N7. The van der Waals surface area contributed by atoms with Gasteiger partial charge in [-0.2, -0.15) is 17.7 Å². The van der Waals surface area contributed by atoms with Gasteiger partial charge >= 0.3 is 6.18 Å². The molecule has 0 radical (unpaired) electrons. The van der Waals surface area contributed by atoms with Crippen molar-refractivity contribution in [3.63, 3.8) is 0 Å². The second kappa shape index (κ2) is 6.18. The molecule has 0 aliphatic carbocycles. The Labute approximate surface area is 157 Å². The van der Waals surface area contributed by atoms with Crippen LogP contribution in [0.4, 0.5) is 19.0 Å². The third kappa shape index (κ3) is 2.76. The van der Waals surface area contributed by atoms with E-state index in [1.165, 1.54) is 11.6 Å². The third-order valence-corrected chi connectivity index (χ3v) is 5.24. The summed E-state index contributed by atoms with van der Waals surface area (Å²) in [5.74, 6) is -0.235. The quantitative estimate of drug-likeness (QED) is 0.571. The molecule has 1 saturated heterocycles. The first-order chi connectivity index (χ1) is 13.5. The van der Waals surface area contributed by atoms with Crippen molar-refractivity contribution in [3.8, 4) is 0 Å². The van der Waals surface area contributed by atoms with E-state index < -0.39 is 12.0 Å². The van der Waals surface area contributed by atoms with E-state index in [1.54, 1.807) is 12.3 Å². The van der Waals surface area contributed by atoms with Crippen molar-refractivity contribution in [3.05, 3.63) is 48.0 Å². The van der Waals surface area contributed by atoms with Crippen LogP contribution in [0.5, 0.6) is 0 Å². The van der Waals surface area contributed by atoms with Gasteiger partial charge < -0.3 is 9.88 Å². The number of halogens is 3. The van der Waals surface area contributed by atoms with E-state index in [1.807, 2.05) is 17.2 Å². The number of H-pyrrole nitrogens is 1. The Kier molecular flexibility index (Phi) is 3.74. The summed E-state index contributed by atoms with van der Waals surface area (Å²) in [6.07, 6.45) is 0.940. The number of anilines is 1. The summed E-state index contributed by atoms with van der Waals surface area (Å²) >= 11 is 0. The number of aromatic nitrogens is 6. The van der Waals surface area contributed by atoms with Gasteiger partial charge in [-0.15, -0.1) is 15.3 Å². The molecule has 1 fully saturated rings. The number of piperidine rings is 1. The van der Waals surface area contributed by atoms with Crippen LogP contribution in [-0.2, 0) is 6.18 Å². The molecule has 7 nitrogen and oxygen atoms in total. The third-order valence-electron chi connectivity index (χ3n) is 5.24. The highest BCUT2D eigenvalue weighted by Gasteiger charge is 2.38. The van der Waals surface area contributed by atoms with Crippen LogP contribution in [-0.4, -0.2) is 42.9 Å². The molecule has 0 saturated carbocycles. The summed E-state index contributed by atoms with van der Waals surface area (Å²) in [5, 5.41) is 12.0. The first kappa shape index (κ1) is 17.0. The van der Waals surface area contributed by atoms with E-state index in [0.717, 1.165) is 28.4 Å². The standard InChI is InChI=1S/C18H16F3N7/c19-18(20,21)17-25-24-14-3-4-15(26-28(14)17)27-8-5-11(6-9-27)13-10-23-16-12(13)2-1-7-22-16/h1-4,7,10-11H,5-6,8-9H2,(H,22,23). The minimum Gasteiger partial charge on any atom is -0.355 e. The number of pyridine rings is 1. The van der Waals surface area contributed by atoms with Gasteiger partial charge in [0.15, 0.2) is 5.65 Å². The maximum absolute atomic E-state index is 13.1. The lowest BCUT2D eigenvalue weighted by Gasteiger charge is -2.32. The van der Waals surface area contributed by atoms with E-state index in [0.29, 0.717) is 24.8 Å². The summed E-state index contributed by atoms with van der Waals surface area (Å²) in [6, 6.07) is 7.19. The second-order valence-corrected chi connectivity index (χ2v) is 6.89. The molecule has 1 aliphatic rings. The number of alkyl halides is 3. The molecular weight excluding hydrogens is 371 g/mol. The Morgan fingerprint density at radius 1 is 1.07 bits per heavy atom. The Balaban J connectivity index is 1.38. The summed E-state index contributed by atoms with van der Waals surface area (Å²) < 4.78 is 40.0. The molecule has 0 bridgehead atoms. The number of nitrogens with zero attached hydrogens (tertiary/aromatic N) is 6. The highest BCUT2D eigenvalue weighted by atomic mass is 19.4. The van der Waals surface area contributed by atoms with E-state index in [2.05, 4.69) is 31.3 Å². The molecule has 4 aromatic heterocycles. The van der Waals surface area contributed by atoms with Crippen molar-refractivity contribution in [2.24, 2.45) is 0 Å². The zero-order valence-corrected chi connectivity index (χ0v) is 14.7. The van der Waals surface area contributed by atoms with E-state index >= 15 is 0 Å². The Morgan fingerprint density at radius 3 is 2.68 bits per heavy atom. The largest absolute Gasteiger partial charge is 0.453 e. The molecule has 1 N–H and O–H groups in total. The van der Waals surface area contributed by atoms with E-state index in [9.17, 15) is 13.2 Å². The molecule has 5 rings (SSSR count). The van der Waals surface area contributed by atoms with Gasteiger partial charge in [-0.05, 0) is 48.6 Å². The fraction of sp³-hybridized carbons (Fsp3) is 0.333. The van der Waals surface area contributed by atoms with Crippen LogP contribution < -0.4 is 4.90 Å². The van der Waals surface area contributed by atoms with Gasteiger partial charge in [0.2, 0.25) is 0 Å². The van der Waals surface area contributed by atoms with Crippen LogP contribution in [0.2, 0.25) is 0 Å². The number of hydrogen-bond acceptors (Lipinski definition) is 5. The summed E-state index contributed by atoms with van der Waals surface area (Å²) in [6.45, 7) is 1.42. The smallest absolute Gasteiger partial charge is 0.355 e. The van der Waals surface area contributed by atoms with Crippen molar-refractivity contribution in [1.29, 1.82) is 0 Å². The van der Waals surface area contributed by atoms with Gasteiger partial charge in [0.05, 0.1) is 0 Å². The average molecular weight is 387 g/mol. The van der Waals surface area contributed by atoms with Gasteiger partial charge in [-0.25, -0.2) is 4.98 Å². The Hall–Kier alpha value is -3.17. The number of hydrogen-bond donors (Lipinski definition) is 1. The van der Waals surface area contributed by atoms with Gasteiger partial charge in [-0.3, -0.25) is 0 Å². The van der Waals surface area contributed by atoms with Crippen LogP contribution >= 0.6 is 0 Å². The van der Waals surface area contributed by atoms with Crippen LogP contribution in [0.25, 0.3) is 16.7 Å². The van der Waals surface area contributed by atoms with E-state index in [4.69, 9.17) is 0 Å². The summed E-state index contributed by atoms with van der Waals surface area (Å²) in [4.78, 5) is 9.54. The Morgan fingerprint density at radius 2 is 1.89 bits per heavy atom. The van der Waals surface area contributed by atoms with Crippen molar-refractivity contribution < 1.29 is 13.2 Å². The molecule has 1 aliphatic heterocycles. The fourth-order valence-electron chi connectivity index (χ4n) is 3.86. The number of fused-ring (bicyclic) bond motifs is 2. The average Bonchev–Trinajstić information content (AvgIpc) is 3.31. The molecule has 0 spiro atoms. The molecule has 144 valence electrons. The zero-order chi connectivity index (χ0) is 19.3. The predicted octanol–water partition coefficient (Wildman–Crippen LogP) is 3.40. The number of nitrogens with one attached hydrogen (secondary N) is 1. The van der Waals surface area contributed by atoms with Crippen LogP contribution in [0.15, 0.2) is 36.7 Å². The first-order valence-corrected chi connectivity index (χ1v) is 8.97. The lowest BCUT2D eigenvalue weighted by molar-refractivity contribution is -0.146. The van der Waals surface area contributed by atoms with Crippen LogP contribution in [0.3, 0.4) is 0 Å². The molecule has 0 unspecified atom stereocenters. The van der Waals surface area contributed by atoms with Crippen molar-refractivity contribution >= 4 is 22.5 Å². The van der Waals surface area contributed by atoms with Gasteiger partial charge in [0.1, 0.15) is 11.5 Å². The molecule has 28 heavy (non-hydrogen) atoms. The summed E-state index contributed by atoms with van der Waals surface area (Å²) in [7, 11) is 0. The zero-order valence-electron chi connectivity index (χ0n) is 14.7. The SMILES string of the molecule is FC(F)(F)c1nnc2ccc(N3CCC(c4c[nH]c5ncccc45)CC3)nn12. The maximum Gasteiger partial charge on any atom is 0.453 e. The molecule has 0 amide bonds. The van der Waals surface area contributed by atoms with Gasteiger partial charge in [0, 0.05) is 30.9 Å². The first-order valence-electron chi connectivity index (χ1n) is 8.97. The second-order valence-electron chi connectivity index (χ2n) is 6.89. The monoisotopic (exact) mass is 387 g/mol. The predicted molar refractivity (Wildman–Crippen MR) is 96.1 cm³/mol. The number of rotatable bonds is 2. The number of aromatic amines is 1. The minimum atomic E-state index is -4.60. The normalized spacial score (nSPS) is 16.3. The van der Waals surface area contributed by atoms with Crippen LogP contribution in [0, 0.1) is 0 Å². The minimum absolute atomic E-state index is 0.0808. The molecule has 5 heterocycles. The lowest BCUT2D eigenvalue weighted by atomic mass is 9.89. The summed E-state index contributed by atoms with van der Waals surface area (Å²) in [5.41, 5.74) is 2.20. The maximum atomic E-state index is 13.1. The van der Waals surface area contributed by atoms with Gasteiger partial charge in [0.25, 0.3) is 5.82 Å². The molecule has 4 aromatic rings.